The van der Waals surface area contributed by atoms with E-state index in [4.69, 9.17) is 16.6 Å². The van der Waals surface area contributed by atoms with Gasteiger partial charge in [0.25, 0.3) is 0 Å². The second-order valence-electron chi connectivity index (χ2n) is 6.82. The van der Waals surface area contributed by atoms with Crippen molar-refractivity contribution in [1.29, 1.82) is 5.26 Å². The summed E-state index contributed by atoms with van der Waals surface area (Å²) in [5.74, 6) is 0. The molecule has 0 saturated carbocycles. The first-order chi connectivity index (χ1) is 11.9. The van der Waals surface area contributed by atoms with Crippen LogP contribution in [-0.4, -0.2) is 62.4 Å². The molecule has 0 spiro atoms. The van der Waals surface area contributed by atoms with Crippen LogP contribution in [0.3, 0.4) is 0 Å². The van der Waals surface area contributed by atoms with Crippen molar-refractivity contribution in [1.82, 2.24) is 15.5 Å². The average molecular weight is 351 g/mol. The van der Waals surface area contributed by atoms with Crippen LogP contribution in [0.25, 0.3) is 4.85 Å². The van der Waals surface area contributed by atoms with Gasteiger partial charge in [0.05, 0.1) is 12.6 Å². The van der Waals surface area contributed by atoms with Gasteiger partial charge in [-0.15, -0.1) is 0 Å². The van der Waals surface area contributed by atoms with Crippen molar-refractivity contribution in [2.24, 2.45) is 0 Å². The largest absolute Gasteiger partial charge is 0.444 e. The fourth-order valence-electron chi connectivity index (χ4n) is 2.10. The number of carbonyl (C=O) groups excluding carboxylic acids is 1. The molecule has 0 unspecified atom stereocenters. The van der Waals surface area contributed by atoms with Gasteiger partial charge in [-0.1, -0.05) is 0 Å². The van der Waals surface area contributed by atoms with E-state index < -0.39 is 5.60 Å². The number of nitrogens with one attached hydrogen (secondary N) is 2. The third kappa shape index (κ3) is 15.4. The van der Waals surface area contributed by atoms with Crippen LogP contribution in [0.1, 0.15) is 46.5 Å². The number of hydrogen-bond acceptors (Lipinski definition) is 5. The Hall–Kier alpha value is -1.83. The lowest BCUT2D eigenvalue weighted by molar-refractivity contribution is 0.0245. The number of nitrogens with zero attached hydrogens (tertiary/aromatic N) is 3. The highest BCUT2D eigenvalue weighted by Gasteiger charge is 2.21. The molecule has 25 heavy (non-hydrogen) atoms. The molecule has 0 aromatic carbocycles. The lowest BCUT2D eigenvalue weighted by atomic mass is 10.2. The minimum atomic E-state index is -0.498. The molecule has 0 aliphatic carbocycles. The molecule has 0 rings (SSSR count). The molecule has 1 amide bonds. The van der Waals surface area contributed by atoms with Crippen LogP contribution in [0.15, 0.2) is 0 Å². The molecular formula is C18H33N5O2. The maximum absolute atomic E-state index is 12.3. The van der Waals surface area contributed by atoms with Gasteiger partial charge in [-0.2, -0.15) is 5.26 Å². The topological polar surface area (TPSA) is 81.8 Å². The molecule has 0 bridgehead atoms. The van der Waals surface area contributed by atoms with E-state index in [1.165, 1.54) is 0 Å². The molecule has 0 aliphatic rings. The highest BCUT2D eigenvalue weighted by atomic mass is 16.6. The van der Waals surface area contributed by atoms with E-state index in [1.807, 2.05) is 20.8 Å². The van der Waals surface area contributed by atoms with E-state index in [1.54, 1.807) is 4.90 Å². The van der Waals surface area contributed by atoms with Gasteiger partial charge in [0.1, 0.15) is 5.60 Å². The molecule has 2 N–H and O–H groups in total. The smallest absolute Gasteiger partial charge is 0.410 e. The van der Waals surface area contributed by atoms with E-state index >= 15 is 0 Å². The molecule has 0 atom stereocenters. The van der Waals surface area contributed by atoms with Gasteiger partial charge in [-0.3, -0.25) is 0 Å². The zero-order valence-corrected chi connectivity index (χ0v) is 15.9. The second kappa shape index (κ2) is 14.5. The van der Waals surface area contributed by atoms with E-state index in [2.05, 4.69) is 21.5 Å². The average Bonchev–Trinajstić information content (AvgIpc) is 2.53. The van der Waals surface area contributed by atoms with Gasteiger partial charge in [-0.25, -0.2) is 11.4 Å². The normalized spacial score (nSPS) is 10.8. The predicted molar refractivity (Wildman–Crippen MR) is 99.1 cm³/mol. The molecule has 0 aromatic heterocycles. The number of hydrogen-bond donors (Lipinski definition) is 2. The molecule has 0 saturated heterocycles. The number of ether oxygens (including phenoxy) is 1. The molecule has 7 heteroatoms. The molecule has 0 heterocycles. The molecule has 0 radical (unpaired) electrons. The van der Waals surface area contributed by atoms with Crippen molar-refractivity contribution >= 4 is 6.09 Å². The third-order valence-electron chi connectivity index (χ3n) is 3.28. The molecule has 0 aliphatic heterocycles. The number of carbonyl (C=O) groups is 1. The summed E-state index contributed by atoms with van der Waals surface area (Å²) >= 11 is 0. The first-order valence-electron chi connectivity index (χ1n) is 9.00. The Morgan fingerprint density at radius 1 is 1.12 bits per heavy atom. The fraction of sp³-hybridized carbons (Fsp3) is 0.833. The standard InChI is InChI=1S/C18H33N5O2/c1-18(2,3)25-17(24)23(16-8-12-21-11-7-9-19)15-6-5-10-22-14-13-20-4/h21-22H,5-8,10-16H2,1-3H3. The van der Waals surface area contributed by atoms with Crippen LogP contribution in [-0.2, 0) is 4.74 Å². The molecule has 142 valence electrons. The summed E-state index contributed by atoms with van der Waals surface area (Å²) in [6, 6.07) is 2.09. The maximum Gasteiger partial charge on any atom is 0.410 e. The van der Waals surface area contributed by atoms with Crippen LogP contribution in [0.4, 0.5) is 4.79 Å². The van der Waals surface area contributed by atoms with Crippen molar-refractivity contribution < 1.29 is 9.53 Å². The van der Waals surface area contributed by atoms with Crippen LogP contribution in [0, 0.1) is 17.9 Å². The molecule has 0 aromatic rings. The van der Waals surface area contributed by atoms with Gasteiger partial charge in [-0.05, 0) is 53.1 Å². The number of nitriles is 1. The summed E-state index contributed by atoms with van der Waals surface area (Å²) in [6.07, 6.45) is 2.90. The van der Waals surface area contributed by atoms with Gasteiger partial charge in [0.2, 0.25) is 6.54 Å². The summed E-state index contributed by atoms with van der Waals surface area (Å²) in [5, 5.41) is 14.9. The summed E-state index contributed by atoms with van der Waals surface area (Å²) < 4.78 is 5.48. The number of amides is 1. The zero-order chi connectivity index (χ0) is 19.0. The number of rotatable bonds is 13. The Balaban J connectivity index is 4.14. The number of unbranched alkanes of at least 4 members (excludes halogenated alkanes) is 1. The van der Waals surface area contributed by atoms with E-state index in [9.17, 15) is 4.79 Å². The molecular weight excluding hydrogens is 318 g/mol. The zero-order valence-electron chi connectivity index (χ0n) is 15.9. The lowest BCUT2D eigenvalue weighted by Crippen LogP contribution is -2.39. The Morgan fingerprint density at radius 2 is 1.76 bits per heavy atom. The highest BCUT2D eigenvalue weighted by Crippen LogP contribution is 2.11. The second-order valence-corrected chi connectivity index (χ2v) is 6.82. The maximum atomic E-state index is 12.3. The van der Waals surface area contributed by atoms with E-state index in [0.717, 1.165) is 32.4 Å². The summed E-state index contributed by atoms with van der Waals surface area (Å²) in [6.45, 7) is 17.2. The van der Waals surface area contributed by atoms with Crippen molar-refractivity contribution in [2.75, 3.05) is 45.8 Å². The van der Waals surface area contributed by atoms with Crippen molar-refractivity contribution in [3.8, 4) is 6.07 Å². The summed E-state index contributed by atoms with van der Waals surface area (Å²) in [7, 11) is 0. The van der Waals surface area contributed by atoms with Gasteiger partial charge >= 0.3 is 6.09 Å². The monoisotopic (exact) mass is 351 g/mol. The molecule has 0 fully saturated rings. The van der Waals surface area contributed by atoms with Gasteiger partial charge in [0.15, 0.2) is 0 Å². The Labute approximate surface area is 152 Å². The van der Waals surface area contributed by atoms with Gasteiger partial charge in [0, 0.05) is 26.1 Å². The first-order valence-corrected chi connectivity index (χ1v) is 9.00. The van der Waals surface area contributed by atoms with Crippen LogP contribution >= 0.6 is 0 Å². The highest BCUT2D eigenvalue weighted by molar-refractivity contribution is 5.68. The van der Waals surface area contributed by atoms with Crippen LogP contribution in [0.5, 0.6) is 0 Å². The Kier molecular flexibility index (Phi) is 13.4. The van der Waals surface area contributed by atoms with Gasteiger partial charge < -0.3 is 25.1 Å². The fourth-order valence-corrected chi connectivity index (χ4v) is 2.10. The predicted octanol–water partition coefficient (Wildman–Crippen LogP) is 2.41. The SMILES string of the molecule is [C-]#[N+]CCNCCCCN(CCCNCCC#N)C(=O)OC(C)(C)C. The minimum absolute atomic E-state index is 0.273. The first kappa shape index (κ1) is 23.2. The van der Waals surface area contributed by atoms with Crippen molar-refractivity contribution in [2.45, 2.75) is 52.1 Å². The van der Waals surface area contributed by atoms with Crippen molar-refractivity contribution in [3.63, 3.8) is 0 Å². The lowest BCUT2D eigenvalue weighted by Gasteiger charge is -2.27. The third-order valence-corrected chi connectivity index (χ3v) is 3.28. The van der Waals surface area contributed by atoms with E-state index in [-0.39, 0.29) is 6.09 Å². The molecule has 7 nitrogen and oxygen atoms in total. The Morgan fingerprint density at radius 3 is 2.40 bits per heavy atom. The summed E-state index contributed by atoms with van der Waals surface area (Å²) in [4.78, 5) is 17.4. The van der Waals surface area contributed by atoms with E-state index in [0.29, 0.717) is 39.1 Å². The minimum Gasteiger partial charge on any atom is -0.444 e. The van der Waals surface area contributed by atoms with Crippen LogP contribution < -0.4 is 10.6 Å². The van der Waals surface area contributed by atoms with Crippen LogP contribution in [0.2, 0.25) is 0 Å². The van der Waals surface area contributed by atoms with Crippen molar-refractivity contribution in [3.05, 3.63) is 11.4 Å². The Bertz CT molecular complexity index is 434. The summed E-state index contributed by atoms with van der Waals surface area (Å²) in [5.41, 5.74) is -0.498. The quantitative estimate of drug-likeness (QED) is 0.393.